The summed E-state index contributed by atoms with van der Waals surface area (Å²) in [6, 6.07) is 20.9. The van der Waals surface area contributed by atoms with E-state index >= 15 is 0 Å². The number of alkyl halides is 24. The van der Waals surface area contributed by atoms with E-state index in [-0.39, 0.29) is 68.2 Å². The minimum Gasteiger partial charge on any atom is -0.166 e. The van der Waals surface area contributed by atoms with E-state index in [1.54, 1.807) is 60.7 Å². The van der Waals surface area contributed by atoms with Gasteiger partial charge in [-0.2, -0.15) is 105 Å². The molecule has 0 saturated carbocycles. The van der Waals surface area contributed by atoms with E-state index < -0.39 is 134 Å². The molecule has 29 heteroatoms. The Labute approximate surface area is 545 Å². The summed E-state index contributed by atoms with van der Waals surface area (Å²) in [5.74, 6) is 0. The number of fused-ring (bicyclic) bond motifs is 6. The summed E-state index contributed by atoms with van der Waals surface area (Å²) in [7, 11) is -19.1. The molecular weight excluding hydrogens is 1410 g/mol. The van der Waals surface area contributed by atoms with Crippen molar-refractivity contribution in [3.63, 3.8) is 0 Å². The van der Waals surface area contributed by atoms with Crippen LogP contribution in [0, 0.1) is 0 Å². The molecule has 0 heterocycles. The second-order valence-corrected chi connectivity index (χ2v) is 49.4. The maximum absolute atomic E-state index is 14.7. The van der Waals surface area contributed by atoms with Crippen LogP contribution in [0.15, 0.2) is 133 Å². The third kappa shape index (κ3) is 13.6. The van der Waals surface area contributed by atoms with Crippen LogP contribution in [0.5, 0.6) is 0 Å². The fraction of sp³-hybridized carbons (Fsp3) is 0.294. The van der Waals surface area contributed by atoms with Gasteiger partial charge in [0.1, 0.15) is 40.4 Å². The van der Waals surface area contributed by atoms with Gasteiger partial charge in [-0.3, -0.25) is 0 Å². The first-order chi connectivity index (χ1) is 43.8. The van der Waals surface area contributed by atoms with Crippen molar-refractivity contribution in [1.29, 1.82) is 0 Å². The maximum atomic E-state index is 14.7. The Bertz CT molecular complexity index is 4080. The molecule has 0 saturated heterocycles. The summed E-state index contributed by atoms with van der Waals surface area (Å²) in [6.45, 7) is 15.7. The van der Waals surface area contributed by atoms with Crippen molar-refractivity contribution in [2.24, 2.45) is 0 Å². The van der Waals surface area contributed by atoms with Crippen molar-refractivity contribution in [2.75, 3.05) is 0 Å². The first kappa shape index (κ1) is 72.9. The zero-order chi connectivity index (χ0) is 72.5. The van der Waals surface area contributed by atoms with Crippen molar-refractivity contribution in [3.05, 3.63) is 200 Å². The Hall–Kier alpha value is -6.84. The predicted molar refractivity (Wildman–Crippen MR) is 339 cm³/mol. The molecule has 2 aliphatic rings. The molecule has 10 rings (SSSR count). The second kappa shape index (κ2) is 23.1. The average Bonchev–Trinajstić information content (AvgIpc) is 1.61. The first-order valence-electron chi connectivity index (χ1n) is 29.7. The van der Waals surface area contributed by atoms with Gasteiger partial charge in [0.15, 0.2) is 0 Å². The van der Waals surface area contributed by atoms with E-state index in [1.165, 1.54) is 52.4 Å². The van der Waals surface area contributed by atoms with Crippen LogP contribution in [0.1, 0.15) is 66.8 Å². The summed E-state index contributed by atoms with van der Waals surface area (Å²) in [5, 5.41) is 0.749. The molecule has 516 valence electrons. The molecule has 0 spiro atoms. The monoisotopic (exact) mass is 1470 g/mol. The molecule has 0 N–H and O–H groups in total. The lowest BCUT2D eigenvalue weighted by molar-refractivity contribution is -0.144. The highest BCUT2D eigenvalue weighted by Crippen LogP contribution is 2.44. The molecular formula is C68H56F24Si5. The summed E-state index contributed by atoms with van der Waals surface area (Å²) < 4.78 is 349. The van der Waals surface area contributed by atoms with Gasteiger partial charge >= 0.3 is 49.4 Å². The SMILES string of the molecule is C[Si](C)(c1cc(C(F)(F)F)cc(C(F)(F)F)c1)c1ccc2c(c1)-c1cc([Si](C)(C)c3cc(C(F)(F)F)cc(C(F)(F)F)c3)cc([Si](C)(C)c3cc([Si](C)(C)c4cc(C(F)(F)F)cc(C(F)(F)F)c4)cc4c3Cc3ccc([Si](C)(C)c5cc(C(F)(F)F)cc(C(F)(F)F)c5)cc3-4)c1C2. The molecule has 0 fully saturated rings. The van der Waals surface area contributed by atoms with Crippen molar-refractivity contribution in [3.8, 4) is 22.3 Å². The molecule has 0 bridgehead atoms. The summed E-state index contributed by atoms with van der Waals surface area (Å²) in [5.41, 5.74) is -9.32. The van der Waals surface area contributed by atoms with Crippen molar-refractivity contribution < 1.29 is 105 Å². The number of halogens is 24. The lowest BCUT2D eigenvalue weighted by Gasteiger charge is -2.34. The van der Waals surface area contributed by atoms with Gasteiger partial charge in [0.05, 0.1) is 44.5 Å². The van der Waals surface area contributed by atoms with Gasteiger partial charge in [-0.25, -0.2) is 0 Å². The molecule has 0 nitrogen and oxygen atoms in total. The molecule has 0 radical (unpaired) electrons. The smallest absolute Gasteiger partial charge is 0.166 e. The van der Waals surface area contributed by atoms with E-state index in [0.717, 1.165) is 0 Å². The van der Waals surface area contributed by atoms with Crippen LogP contribution < -0.4 is 51.9 Å². The molecule has 8 aromatic carbocycles. The Morgan fingerprint density at radius 2 is 0.392 bits per heavy atom. The van der Waals surface area contributed by atoms with Gasteiger partial charge in [-0.05, 0) is 81.6 Å². The van der Waals surface area contributed by atoms with Crippen molar-refractivity contribution in [1.82, 2.24) is 0 Å². The van der Waals surface area contributed by atoms with Crippen LogP contribution in [0.3, 0.4) is 0 Å². The van der Waals surface area contributed by atoms with Crippen LogP contribution in [0.25, 0.3) is 22.3 Å². The van der Waals surface area contributed by atoms with Gasteiger partial charge < -0.3 is 0 Å². The normalized spacial score (nSPS) is 14.6. The number of benzene rings is 8. The number of rotatable bonds is 10. The highest BCUT2D eigenvalue weighted by molar-refractivity contribution is 7.05. The van der Waals surface area contributed by atoms with Gasteiger partial charge in [-0.1, -0.05) is 227 Å². The highest BCUT2D eigenvalue weighted by Gasteiger charge is 2.47. The summed E-state index contributed by atoms with van der Waals surface area (Å²) in [4.78, 5) is 0. The fourth-order valence-electron chi connectivity index (χ4n) is 13.2. The molecule has 0 aromatic heterocycles. The van der Waals surface area contributed by atoms with Crippen LogP contribution in [0.4, 0.5) is 105 Å². The Kier molecular flexibility index (Phi) is 17.4. The molecule has 0 atom stereocenters. The largest absolute Gasteiger partial charge is 0.416 e. The van der Waals surface area contributed by atoms with Crippen LogP contribution in [-0.2, 0) is 62.3 Å². The lowest BCUT2D eigenvalue weighted by Crippen LogP contribution is -2.61. The van der Waals surface area contributed by atoms with Crippen molar-refractivity contribution >= 4 is 92.2 Å². The van der Waals surface area contributed by atoms with Gasteiger partial charge in [0.25, 0.3) is 0 Å². The molecule has 8 aromatic rings. The summed E-state index contributed by atoms with van der Waals surface area (Å²) in [6.07, 6.45) is -42.1. The Morgan fingerprint density at radius 1 is 0.206 bits per heavy atom. The van der Waals surface area contributed by atoms with Gasteiger partial charge in [0.2, 0.25) is 0 Å². The Balaban J connectivity index is 1.26. The van der Waals surface area contributed by atoms with Gasteiger partial charge in [0, 0.05) is 0 Å². The molecule has 0 unspecified atom stereocenters. The van der Waals surface area contributed by atoms with E-state index in [1.807, 2.05) is 13.1 Å². The second-order valence-electron chi connectivity index (χ2n) is 27.5. The van der Waals surface area contributed by atoms with E-state index in [9.17, 15) is 105 Å². The fourth-order valence-corrected chi connectivity index (χ4v) is 26.3. The van der Waals surface area contributed by atoms with E-state index in [0.29, 0.717) is 114 Å². The zero-order valence-corrected chi connectivity index (χ0v) is 57.7. The lowest BCUT2D eigenvalue weighted by atomic mass is 10.1. The maximum Gasteiger partial charge on any atom is 0.416 e. The Morgan fingerprint density at radius 3 is 0.598 bits per heavy atom. The number of hydrogen-bond acceptors (Lipinski definition) is 0. The van der Waals surface area contributed by atoms with Crippen LogP contribution >= 0.6 is 0 Å². The van der Waals surface area contributed by atoms with E-state index in [2.05, 4.69) is 0 Å². The average molecular weight is 1470 g/mol. The van der Waals surface area contributed by atoms with Crippen LogP contribution in [-0.4, -0.2) is 40.4 Å². The highest BCUT2D eigenvalue weighted by atomic mass is 28.3. The molecule has 0 aliphatic heterocycles. The van der Waals surface area contributed by atoms with Crippen LogP contribution in [0.2, 0.25) is 65.5 Å². The van der Waals surface area contributed by atoms with Gasteiger partial charge in [-0.15, -0.1) is 0 Å². The first-order valence-corrected chi connectivity index (χ1v) is 44.7. The molecule has 97 heavy (non-hydrogen) atoms. The topological polar surface area (TPSA) is 0 Å². The third-order valence-electron chi connectivity index (χ3n) is 19.5. The molecule has 0 amide bonds. The quantitative estimate of drug-likeness (QED) is 0.0946. The zero-order valence-electron chi connectivity index (χ0n) is 52.7. The minimum absolute atomic E-state index is 0.0138. The van der Waals surface area contributed by atoms with Crippen molar-refractivity contribution in [2.45, 2.75) is 128 Å². The minimum atomic E-state index is -5.30. The van der Waals surface area contributed by atoms with E-state index in [4.69, 9.17) is 0 Å². The third-order valence-corrected chi connectivity index (χ3v) is 37.0. The molecule has 2 aliphatic carbocycles. The number of hydrogen-bond donors (Lipinski definition) is 0. The predicted octanol–water partition coefficient (Wildman–Crippen LogP) is 17.1. The summed E-state index contributed by atoms with van der Waals surface area (Å²) >= 11 is 0. The standard InChI is InChI=1S/C68H56F24Si5/c1-93(2,47-21-37(61(69,70)71)17-38(22-47)62(72,73)74)45-13-11-35-15-57-55(53(35)29-45)31-51(95(5,6)49-25-41(65(81,82)83)19-42(26-49)66(84,85)86)33-59(57)97(9,10)60-34-52(96(7,8)50-27-43(67(87,88)89)20-44(28-50)68(90,91)92)32-56-54-30-46(14-12-36(54)16-58(56)60)94(3,4)48-23-39(63(75,76)77)18-40(24-48)64(78,79)80/h11-14,17-34H,15-16H2,1-10H3.